The summed E-state index contributed by atoms with van der Waals surface area (Å²) in [5, 5.41) is 0. The van der Waals surface area contributed by atoms with E-state index >= 15 is 0 Å². The van der Waals surface area contributed by atoms with Crippen molar-refractivity contribution in [3.63, 3.8) is 0 Å². The fourth-order valence-electron chi connectivity index (χ4n) is 8.03. The van der Waals surface area contributed by atoms with Crippen molar-refractivity contribution in [2.75, 3.05) is 11.5 Å². The highest BCUT2D eigenvalue weighted by Gasteiger charge is 2.44. The molecule has 4 rings (SSSR count). The van der Waals surface area contributed by atoms with E-state index in [1.54, 1.807) is 0 Å². The number of allylic oxidation sites excluding steroid dienone is 22. The standard InChI is InChI=1S/C52H66N4O2/c1-35(19-15-21-37(3)23-25-45-41(7)49(57)47(29-51(45,9)10)55-31-39(5)27-43(53)33-55)17-13-14-18-36(2)20-16-22-38(4)24-26-46-42(8)50(58)48(30-52(46,11)12)56-32-40(6)28-44(54)34-56/h13-28,31-34,47-48H,29-30,53-54H2,1-12H3/q+2/b14-13+,19-15+,20-16+,25-23+,26-24+,35-17+,36-18+,37-21+,38-22+. The number of ketones is 2. The Balaban J connectivity index is 1.32. The predicted octanol–water partition coefficient (Wildman–Crippen LogP) is 11.0. The van der Waals surface area contributed by atoms with Gasteiger partial charge in [0.05, 0.1) is 11.4 Å². The molecule has 0 aliphatic heterocycles. The minimum Gasteiger partial charge on any atom is -0.394 e. The molecule has 0 saturated heterocycles. The van der Waals surface area contributed by atoms with E-state index in [2.05, 4.69) is 128 Å². The van der Waals surface area contributed by atoms with Crippen LogP contribution in [0.4, 0.5) is 11.4 Å². The van der Waals surface area contributed by atoms with Gasteiger partial charge in [0.15, 0.2) is 24.8 Å². The Morgan fingerprint density at radius 3 is 1.22 bits per heavy atom. The number of carbonyl (C=O) groups is 2. The molecule has 58 heavy (non-hydrogen) atoms. The molecular formula is C52H66N4O2+2. The first-order valence-corrected chi connectivity index (χ1v) is 20.3. The maximum absolute atomic E-state index is 13.5. The van der Waals surface area contributed by atoms with Crippen LogP contribution in [0.3, 0.4) is 0 Å². The molecule has 304 valence electrons. The van der Waals surface area contributed by atoms with Gasteiger partial charge in [-0.15, -0.1) is 0 Å². The minimum absolute atomic E-state index is 0.146. The normalized spacial score (nSPS) is 21.4. The summed E-state index contributed by atoms with van der Waals surface area (Å²) in [5.41, 5.74) is 23.6. The molecule has 2 aliphatic carbocycles. The third-order valence-electron chi connectivity index (χ3n) is 11.1. The molecule has 0 saturated carbocycles. The predicted molar refractivity (Wildman–Crippen MR) is 243 cm³/mol. The van der Waals surface area contributed by atoms with Crippen LogP contribution in [0.1, 0.15) is 105 Å². The number of aryl methyl sites for hydroxylation is 2. The van der Waals surface area contributed by atoms with Crippen LogP contribution in [0.25, 0.3) is 0 Å². The van der Waals surface area contributed by atoms with Crippen molar-refractivity contribution in [3.05, 3.63) is 178 Å². The molecule has 0 fully saturated rings. The number of nitrogens with two attached hydrogens (primary N) is 2. The number of nitrogens with zero attached hydrogens (tertiary/aromatic N) is 2. The van der Waals surface area contributed by atoms with Crippen LogP contribution in [-0.2, 0) is 9.59 Å². The Morgan fingerprint density at radius 1 is 0.552 bits per heavy atom. The van der Waals surface area contributed by atoms with E-state index in [1.807, 2.05) is 85.9 Å². The zero-order chi connectivity index (χ0) is 42.9. The number of carbonyl (C=O) groups excluding carboxylic acids is 2. The number of rotatable bonds is 12. The maximum atomic E-state index is 13.5. The van der Waals surface area contributed by atoms with E-state index < -0.39 is 0 Å². The summed E-state index contributed by atoms with van der Waals surface area (Å²) in [5.74, 6) is 0.292. The van der Waals surface area contributed by atoms with E-state index in [0.29, 0.717) is 24.2 Å². The summed E-state index contributed by atoms with van der Waals surface area (Å²) >= 11 is 0. The van der Waals surface area contributed by atoms with Crippen LogP contribution < -0.4 is 20.6 Å². The molecule has 2 aromatic rings. The monoisotopic (exact) mass is 779 g/mol. The first-order valence-electron chi connectivity index (χ1n) is 20.3. The Morgan fingerprint density at radius 2 is 0.879 bits per heavy atom. The van der Waals surface area contributed by atoms with Gasteiger partial charge in [-0.2, -0.15) is 9.13 Å². The zero-order valence-corrected chi connectivity index (χ0v) is 37.0. The molecule has 2 aliphatic rings. The van der Waals surface area contributed by atoms with Crippen molar-refractivity contribution in [2.45, 2.75) is 108 Å². The Kier molecular flexibility index (Phi) is 14.9. The number of hydrogen-bond donors (Lipinski definition) is 2. The maximum Gasteiger partial charge on any atom is 0.226 e. The topological polar surface area (TPSA) is 93.9 Å². The summed E-state index contributed by atoms with van der Waals surface area (Å²) in [6.07, 6.45) is 38.3. The Bertz CT molecular complexity index is 2070. The van der Waals surface area contributed by atoms with Gasteiger partial charge < -0.3 is 11.5 Å². The highest BCUT2D eigenvalue weighted by Crippen LogP contribution is 2.43. The van der Waals surface area contributed by atoms with Crippen LogP contribution >= 0.6 is 0 Å². The van der Waals surface area contributed by atoms with E-state index in [1.165, 1.54) is 0 Å². The molecule has 0 spiro atoms. The lowest BCUT2D eigenvalue weighted by molar-refractivity contribution is -0.710. The summed E-state index contributed by atoms with van der Waals surface area (Å²) in [4.78, 5) is 27.0. The van der Waals surface area contributed by atoms with Gasteiger partial charge in [0.2, 0.25) is 23.7 Å². The van der Waals surface area contributed by atoms with Crippen molar-refractivity contribution in [3.8, 4) is 0 Å². The van der Waals surface area contributed by atoms with E-state index in [4.69, 9.17) is 11.5 Å². The highest BCUT2D eigenvalue weighted by atomic mass is 16.1. The average Bonchev–Trinajstić information content (AvgIpc) is 3.12. The van der Waals surface area contributed by atoms with Crippen molar-refractivity contribution in [1.82, 2.24) is 0 Å². The second-order valence-corrected chi connectivity index (χ2v) is 17.6. The van der Waals surface area contributed by atoms with Crippen LogP contribution in [0.15, 0.2) is 167 Å². The quantitative estimate of drug-likeness (QED) is 0.166. The molecule has 6 heteroatoms. The number of nitrogen functional groups attached to an aromatic ring is 2. The van der Waals surface area contributed by atoms with E-state index in [-0.39, 0.29) is 34.5 Å². The van der Waals surface area contributed by atoms with Gasteiger partial charge in [-0.1, -0.05) is 135 Å². The SMILES string of the molecule is CC1=C(/C=C/C(C)=C/C=C/C(C)=C/C=C/C=C(C)/C=C/C=C(C)/C=C/C2=C(C)C(=O)C([n+]3cc(C)cc(N)c3)CC2(C)C)C(C)(C)CC([n+]2cc(C)cc(N)c2)C1=O. The first kappa shape index (κ1) is 45.1. The van der Waals surface area contributed by atoms with Gasteiger partial charge in [-0.3, -0.25) is 9.59 Å². The molecule has 4 N–H and O–H groups in total. The molecule has 2 aromatic heterocycles. The summed E-state index contributed by atoms with van der Waals surface area (Å²) < 4.78 is 3.97. The summed E-state index contributed by atoms with van der Waals surface area (Å²) in [7, 11) is 0. The molecular weight excluding hydrogens is 713 g/mol. The molecule has 2 heterocycles. The van der Waals surface area contributed by atoms with Crippen molar-refractivity contribution < 1.29 is 18.7 Å². The smallest absolute Gasteiger partial charge is 0.226 e. The van der Waals surface area contributed by atoms with Crippen LogP contribution in [-0.4, -0.2) is 11.6 Å². The lowest BCUT2D eigenvalue weighted by Gasteiger charge is -2.34. The summed E-state index contributed by atoms with van der Waals surface area (Å²) in [6, 6.07) is 3.33. The molecule has 2 atom stereocenters. The van der Waals surface area contributed by atoms with Crippen LogP contribution in [0.5, 0.6) is 0 Å². The minimum atomic E-state index is -0.258. The number of aromatic nitrogens is 2. The van der Waals surface area contributed by atoms with Crippen LogP contribution in [0.2, 0.25) is 0 Å². The number of anilines is 2. The lowest BCUT2D eigenvalue weighted by Crippen LogP contribution is -2.49. The molecule has 0 amide bonds. The number of Topliss-reactive ketones (excluding diaryl/α,β-unsaturated/α-hetero) is 2. The molecule has 2 unspecified atom stereocenters. The van der Waals surface area contributed by atoms with Gasteiger partial charge in [0.25, 0.3) is 0 Å². The lowest BCUT2D eigenvalue weighted by atomic mass is 9.70. The van der Waals surface area contributed by atoms with Gasteiger partial charge in [-0.25, -0.2) is 0 Å². The third kappa shape index (κ3) is 12.0. The molecule has 0 bridgehead atoms. The van der Waals surface area contributed by atoms with E-state index in [9.17, 15) is 9.59 Å². The second-order valence-electron chi connectivity index (χ2n) is 17.6. The largest absolute Gasteiger partial charge is 0.394 e. The highest BCUT2D eigenvalue weighted by molar-refractivity contribution is 6.00. The van der Waals surface area contributed by atoms with Gasteiger partial charge >= 0.3 is 0 Å². The first-order chi connectivity index (χ1) is 27.2. The van der Waals surface area contributed by atoms with Gasteiger partial charge in [-0.05, 0) is 89.5 Å². The average molecular weight is 779 g/mol. The van der Waals surface area contributed by atoms with Crippen molar-refractivity contribution in [1.29, 1.82) is 0 Å². The number of pyridine rings is 2. The van der Waals surface area contributed by atoms with Gasteiger partial charge in [0.1, 0.15) is 0 Å². The zero-order valence-electron chi connectivity index (χ0n) is 37.0. The fraction of sp³-hybridized carbons (Fsp3) is 0.346. The Labute approximate surface area is 348 Å². The van der Waals surface area contributed by atoms with Crippen molar-refractivity contribution >= 4 is 22.9 Å². The van der Waals surface area contributed by atoms with Crippen LogP contribution in [0, 0.1) is 24.7 Å². The summed E-state index contributed by atoms with van der Waals surface area (Å²) in [6.45, 7) is 25.0. The molecule has 0 aromatic carbocycles. The third-order valence-corrected chi connectivity index (χ3v) is 11.1. The Hall–Kier alpha value is -5.62. The van der Waals surface area contributed by atoms with Crippen molar-refractivity contribution in [2.24, 2.45) is 10.8 Å². The molecule has 0 radical (unpaired) electrons. The fourth-order valence-corrected chi connectivity index (χ4v) is 8.03. The molecule has 6 nitrogen and oxygen atoms in total. The number of hydrogen-bond acceptors (Lipinski definition) is 4. The second kappa shape index (κ2) is 19.2. The van der Waals surface area contributed by atoms with Gasteiger partial charge in [0, 0.05) is 35.1 Å². The van der Waals surface area contributed by atoms with E-state index in [0.717, 1.165) is 55.7 Å².